The summed E-state index contributed by atoms with van der Waals surface area (Å²) in [5, 5.41) is 38.2. The normalized spacial score (nSPS) is 18.9. The molecule has 0 radical (unpaired) electrons. The van der Waals surface area contributed by atoms with Crippen LogP contribution in [-0.2, 0) is 13.1 Å². The van der Waals surface area contributed by atoms with E-state index >= 15 is 0 Å². The van der Waals surface area contributed by atoms with E-state index in [-0.39, 0.29) is 23.0 Å². The Morgan fingerprint density at radius 3 is 1.92 bits per heavy atom. The monoisotopic (exact) mass is 358 g/mol. The Morgan fingerprint density at radius 2 is 1.38 bits per heavy atom. The van der Waals surface area contributed by atoms with Gasteiger partial charge in [-0.1, -0.05) is 19.1 Å². The third kappa shape index (κ3) is 4.20. The third-order valence-corrected chi connectivity index (χ3v) is 5.03. The van der Waals surface area contributed by atoms with Crippen LogP contribution in [0.25, 0.3) is 0 Å². The van der Waals surface area contributed by atoms with E-state index in [1.807, 2.05) is 12.1 Å². The first-order valence-electron chi connectivity index (χ1n) is 8.94. The molecule has 1 unspecified atom stereocenters. The van der Waals surface area contributed by atoms with Gasteiger partial charge in [-0.2, -0.15) is 0 Å². The topological polar surface area (TPSA) is 87.4 Å². The molecule has 2 aromatic carbocycles. The summed E-state index contributed by atoms with van der Waals surface area (Å²) in [6.45, 7) is 6.37. The predicted molar refractivity (Wildman–Crippen MR) is 99.3 cm³/mol. The minimum Gasteiger partial charge on any atom is -0.504 e. The van der Waals surface area contributed by atoms with Gasteiger partial charge < -0.3 is 20.4 Å². The molecule has 0 aliphatic carbocycles. The van der Waals surface area contributed by atoms with E-state index in [4.69, 9.17) is 0 Å². The van der Waals surface area contributed by atoms with Crippen LogP contribution in [-0.4, -0.2) is 55.9 Å². The molecule has 3 rings (SSSR count). The van der Waals surface area contributed by atoms with Gasteiger partial charge in [0.15, 0.2) is 23.0 Å². The summed E-state index contributed by atoms with van der Waals surface area (Å²) in [5.74, 6) is -0.355. The van der Waals surface area contributed by atoms with Gasteiger partial charge in [-0.3, -0.25) is 9.80 Å². The van der Waals surface area contributed by atoms with E-state index in [2.05, 4.69) is 16.7 Å². The zero-order chi connectivity index (χ0) is 18.7. The second-order valence-electron chi connectivity index (χ2n) is 6.91. The molecule has 0 saturated carbocycles. The van der Waals surface area contributed by atoms with E-state index < -0.39 is 0 Å². The van der Waals surface area contributed by atoms with E-state index in [9.17, 15) is 20.4 Å². The van der Waals surface area contributed by atoms with Crippen molar-refractivity contribution in [3.05, 3.63) is 47.5 Å². The van der Waals surface area contributed by atoms with E-state index in [0.717, 1.165) is 50.3 Å². The summed E-state index contributed by atoms with van der Waals surface area (Å²) in [5.41, 5.74) is 1.96. The van der Waals surface area contributed by atoms with Crippen molar-refractivity contribution in [2.45, 2.75) is 32.5 Å². The summed E-state index contributed by atoms with van der Waals surface area (Å²) in [6, 6.07) is 10.4. The van der Waals surface area contributed by atoms with Crippen molar-refractivity contribution >= 4 is 0 Å². The van der Waals surface area contributed by atoms with Crippen molar-refractivity contribution in [1.29, 1.82) is 0 Å². The molecule has 1 heterocycles. The molecule has 140 valence electrons. The Morgan fingerprint density at radius 1 is 0.808 bits per heavy atom. The lowest BCUT2D eigenvalue weighted by Gasteiger charge is -2.41. The molecule has 1 aliphatic rings. The number of aromatic hydroxyl groups is 4. The zero-order valence-corrected chi connectivity index (χ0v) is 15.0. The SMILES string of the molecule is CCC1CN(Cc2ccc(O)c(O)c2)CCN1Cc1ccc(O)c(O)c1. The van der Waals surface area contributed by atoms with Crippen molar-refractivity contribution in [3.63, 3.8) is 0 Å². The second kappa shape index (κ2) is 7.85. The lowest BCUT2D eigenvalue weighted by atomic mass is 10.1. The molecule has 0 bridgehead atoms. The van der Waals surface area contributed by atoms with Crippen LogP contribution in [0.4, 0.5) is 0 Å². The molecule has 0 amide bonds. The summed E-state index contributed by atoms with van der Waals surface area (Å²) in [4.78, 5) is 4.75. The molecule has 1 aliphatic heterocycles. The van der Waals surface area contributed by atoms with Crippen molar-refractivity contribution in [1.82, 2.24) is 9.80 Å². The molecule has 26 heavy (non-hydrogen) atoms. The van der Waals surface area contributed by atoms with Gasteiger partial charge in [0.2, 0.25) is 0 Å². The molecule has 4 N–H and O–H groups in total. The van der Waals surface area contributed by atoms with Crippen LogP contribution in [0.5, 0.6) is 23.0 Å². The fourth-order valence-corrected chi connectivity index (χ4v) is 3.52. The molecule has 1 fully saturated rings. The molecule has 1 atom stereocenters. The lowest BCUT2D eigenvalue weighted by Crippen LogP contribution is -2.51. The Kier molecular flexibility index (Phi) is 5.54. The van der Waals surface area contributed by atoms with Crippen molar-refractivity contribution in [2.24, 2.45) is 0 Å². The average Bonchev–Trinajstić information content (AvgIpc) is 2.62. The van der Waals surface area contributed by atoms with Gasteiger partial charge in [0.25, 0.3) is 0 Å². The van der Waals surface area contributed by atoms with Gasteiger partial charge in [-0.15, -0.1) is 0 Å². The molecular formula is C20H26N2O4. The van der Waals surface area contributed by atoms with Gasteiger partial charge >= 0.3 is 0 Å². The Bertz CT molecular complexity index is 765. The minimum atomic E-state index is -0.0952. The molecule has 6 nitrogen and oxygen atoms in total. The lowest BCUT2D eigenvalue weighted by molar-refractivity contribution is 0.0619. The smallest absolute Gasteiger partial charge is 0.157 e. The van der Waals surface area contributed by atoms with Crippen LogP contribution in [0.3, 0.4) is 0 Å². The van der Waals surface area contributed by atoms with E-state index in [1.54, 1.807) is 12.1 Å². The number of phenolic OH excluding ortho intramolecular Hbond substituents is 4. The van der Waals surface area contributed by atoms with Crippen LogP contribution in [0, 0.1) is 0 Å². The maximum Gasteiger partial charge on any atom is 0.157 e. The van der Waals surface area contributed by atoms with Crippen LogP contribution >= 0.6 is 0 Å². The number of benzene rings is 2. The first-order chi connectivity index (χ1) is 12.5. The highest BCUT2D eigenvalue weighted by Gasteiger charge is 2.26. The molecular weight excluding hydrogens is 332 g/mol. The van der Waals surface area contributed by atoms with Crippen LogP contribution in [0.15, 0.2) is 36.4 Å². The highest BCUT2D eigenvalue weighted by Crippen LogP contribution is 2.28. The van der Waals surface area contributed by atoms with Crippen LogP contribution in [0.1, 0.15) is 24.5 Å². The van der Waals surface area contributed by atoms with E-state index in [1.165, 1.54) is 12.1 Å². The predicted octanol–water partition coefficient (Wildman–Crippen LogP) is 2.61. The average molecular weight is 358 g/mol. The molecule has 0 aromatic heterocycles. The molecule has 6 heteroatoms. The largest absolute Gasteiger partial charge is 0.504 e. The first kappa shape index (κ1) is 18.4. The fraction of sp³-hybridized carbons (Fsp3) is 0.400. The summed E-state index contributed by atoms with van der Waals surface area (Å²) in [7, 11) is 0. The zero-order valence-electron chi connectivity index (χ0n) is 15.0. The van der Waals surface area contributed by atoms with Crippen molar-refractivity contribution in [2.75, 3.05) is 19.6 Å². The Balaban J connectivity index is 1.62. The maximum atomic E-state index is 9.69. The second-order valence-corrected chi connectivity index (χ2v) is 6.91. The highest BCUT2D eigenvalue weighted by molar-refractivity contribution is 5.41. The number of hydrogen-bond acceptors (Lipinski definition) is 6. The quantitative estimate of drug-likeness (QED) is 0.615. The van der Waals surface area contributed by atoms with Gasteiger partial charge in [0.1, 0.15) is 0 Å². The fourth-order valence-electron chi connectivity index (χ4n) is 3.52. The van der Waals surface area contributed by atoms with Crippen LogP contribution in [0.2, 0.25) is 0 Å². The highest BCUT2D eigenvalue weighted by atomic mass is 16.3. The number of nitrogens with zero attached hydrogens (tertiary/aromatic N) is 2. The van der Waals surface area contributed by atoms with Gasteiger partial charge in [-0.25, -0.2) is 0 Å². The number of phenols is 4. The van der Waals surface area contributed by atoms with E-state index in [0.29, 0.717) is 6.04 Å². The maximum absolute atomic E-state index is 9.69. The Labute approximate surface area is 153 Å². The van der Waals surface area contributed by atoms with Gasteiger partial charge in [0, 0.05) is 38.8 Å². The van der Waals surface area contributed by atoms with Crippen molar-refractivity contribution in [3.8, 4) is 23.0 Å². The third-order valence-electron chi connectivity index (χ3n) is 5.03. The standard InChI is InChI=1S/C20H26N2O4/c1-2-16-13-21(11-14-3-5-17(23)19(25)9-14)7-8-22(16)12-15-4-6-18(24)20(26)10-15/h3-6,9-10,16,23-26H,2,7-8,11-13H2,1H3. The van der Waals surface area contributed by atoms with Crippen molar-refractivity contribution < 1.29 is 20.4 Å². The first-order valence-corrected chi connectivity index (χ1v) is 8.94. The Hall–Kier alpha value is -2.44. The summed E-state index contributed by atoms with van der Waals surface area (Å²) in [6.07, 6.45) is 1.02. The molecule has 1 saturated heterocycles. The molecule has 0 spiro atoms. The number of rotatable bonds is 5. The molecule has 2 aromatic rings. The summed E-state index contributed by atoms with van der Waals surface area (Å²) < 4.78 is 0. The number of piperazine rings is 1. The van der Waals surface area contributed by atoms with Gasteiger partial charge in [0.05, 0.1) is 0 Å². The number of hydrogen-bond donors (Lipinski definition) is 4. The minimum absolute atomic E-state index is 0.0821. The van der Waals surface area contributed by atoms with Crippen LogP contribution < -0.4 is 0 Å². The van der Waals surface area contributed by atoms with Gasteiger partial charge in [-0.05, 0) is 41.8 Å². The summed E-state index contributed by atoms with van der Waals surface area (Å²) >= 11 is 0.